The third-order valence-electron chi connectivity index (χ3n) is 4.75. The number of fused-ring (bicyclic) bond motifs is 2. The second-order valence-corrected chi connectivity index (χ2v) is 7.53. The standard InChI is InChI=1S/C21H15FN4O3S/c22-14-7-5-13(6-8-14)19-20(25-9-10-30-21(25)24-19)23-17(27)11-26-15-3-1-2-4-16(15)29-12-18(26)28/h1-10H,11-12H2,(H,23,27). The van der Waals surface area contributed by atoms with Gasteiger partial charge in [0, 0.05) is 17.1 Å². The first-order valence-electron chi connectivity index (χ1n) is 9.14. The highest BCUT2D eigenvalue weighted by atomic mass is 32.1. The van der Waals surface area contributed by atoms with Gasteiger partial charge in [0.15, 0.2) is 11.6 Å². The molecule has 4 aromatic rings. The molecule has 0 fully saturated rings. The van der Waals surface area contributed by atoms with Crippen molar-refractivity contribution in [3.63, 3.8) is 0 Å². The fraction of sp³-hybridized carbons (Fsp3) is 0.0952. The van der Waals surface area contributed by atoms with Gasteiger partial charge in [-0.05, 0) is 36.4 Å². The zero-order valence-corrected chi connectivity index (χ0v) is 16.4. The molecule has 30 heavy (non-hydrogen) atoms. The van der Waals surface area contributed by atoms with Gasteiger partial charge in [-0.15, -0.1) is 11.3 Å². The smallest absolute Gasteiger partial charge is 0.265 e. The molecule has 0 saturated heterocycles. The van der Waals surface area contributed by atoms with Crippen molar-refractivity contribution in [1.82, 2.24) is 9.38 Å². The molecule has 0 radical (unpaired) electrons. The number of anilines is 2. The molecule has 150 valence electrons. The molecule has 0 saturated carbocycles. The van der Waals surface area contributed by atoms with Crippen LogP contribution in [0.4, 0.5) is 15.9 Å². The van der Waals surface area contributed by atoms with E-state index in [1.807, 2.05) is 5.38 Å². The van der Waals surface area contributed by atoms with E-state index in [4.69, 9.17) is 4.74 Å². The first-order valence-corrected chi connectivity index (χ1v) is 10.0. The molecule has 0 spiro atoms. The van der Waals surface area contributed by atoms with E-state index in [1.54, 1.807) is 47.0 Å². The van der Waals surface area contributed by atoms with Crippen LogP contribution in [0.5, 0.6) is 5.75 Å². The summed E-state index contributed by atoms with van der Waals surface area (Å²) >= 11 is 1.42. The number of aromatic nitrogens is 2. The Morgan fingerprint density at radius 2 is 2.00 bits per heavy atom. The molecule has 1 aliphatic rings. The number of para-hydroxylation sites is 2. The lowest BCUT2D eigenvalue weighted by Gasteiger charge is -2.28. The van der Waals surface area contributed by atoms with Gasteiger partial charge in [-0.2, -0.15) is 0 Å². The summed E-state index contributed by atoms with van der Waals surface area (Å²) in [6.07, 6.45) is 1.80. The molecule has 1 N–H and O–H groups in total. The minimum Gasteiger partial charge on any atom is -0.482 e. The van der Waals surface area contributed by atoms with Crippen molar-refractivity contribution in [3.05, 3.63) is 65.9 Å². The summed E-state index contributed by atoms with van der Waals surface area (Å²) in [5.74, 6) is 0.00108. The zero-order valence-electron chi connectivity index (χ0n) is 15.5. The number of nitrogens with one attached hydrogen (secondary N) is 1. The van der Waals surface area contributed by atoms with Crippen LogP contribution in [0.2, 0.25) is 0 Å². The number of carbonyl (C=O) groups excluding carboxylic acids is 2. The van der Waals surface area contributed by atoms with Crippen LogP contribution >= 0.6 is 11.3 Å². The predicted molar refractivity (Wildman–Crippen MR) is 111 cm³/mol. The molecule has 0 aliphatic carbocycles. The van der Waals surface area contributed by atoms with E-state index < -0.39 is 0 Å². The Labute approximate surface area is 174 Å². The first-order chi connectivity index (χ1) is 14.6. The van der Waals surface area contributed by atoms with Gasteiger partial charge in [-0.25, -0.2) is 9.37 Å². The monoisotopic (exact) mass is 422 g/mol. The number of carbonyl (C=O) groups is 2. The summed E-state index contributed by atoms with van der Waals surface area (Å²) in [4.78, 5) is 31.9. The van der Waals surface area contributed by atoms with Crippen LogP contribution in [-0.4, -0.2) is 34.4 Å². The van der Waals surface area contributed by atoms with Gasteiger partial charge >= 0.3 is 0 Å². The van der Waals surface area contributed by atoms with Gasteiger partial charge in [0.2, 0.25) is 5.91 Å². The molecule has 0 bridgehead atoms. The van der Waals surface area contributed by atoms with Gasteiger partial charge in [-0.3, -0.25) is 18.9 Å². The number of amides is 2. The number of thiazole rings is 1. The van der Waals surface area contributed by atoms with Crippen molar-refractivity contribution in [2.45, 2.75) is 0 Å². The molecule has 1 aliphatic heterocycles. The van der Waals surface area contributed by atoms with Crippen LogP contribution in [0.15, 0.2) is 60.1 Å². The van der Waals surface area contributed by atoms with Crippen LogP contribution in [-0.2, 0) is 9.59 Å². The largest absolute Gasteiger partial charge is 0.482 e. The van der Waals surface area contributed by atoms with Gasteiger partial charge in [0.1, 0.15) is 29.6 Å². The Hall–Kier alpha value is -3.72. The summed E-state index contributed by atoms with van der Waals surface area (Å²) in [5, 5.41) is 4.73. The summed E-state index contributed by atoms with van der Waals surface area (Å²) in [7, 11) is 0. The average molecular weight is 422 g/mol. The molecule has 9 heteroatoms. The summed E-state index contributed by atoms with van der Waals surface area (Å²) in [5.41, 5.74) is 1.76. The second kappa shape index (κ2) is 7.27. The van der Waals surface area contributed by atoms with Crippen molar-refractivity contribution in [1.29, 1.82) is 0 Å². The van der Waals surface area contributed by atoms with E-state index in [9.17, 15) is 14.0 Å². The van der Waals surface area contributed by atoms with Crippen LogP contribution in [0.25, 0.3) is 16.2 Å². The van der Waals surface area contributed by atoms with Crippen molar-refractivity contribution in [2.24, 2.45) is 0 Å². The molecule has 3 heterocycles. The van der Waals surface area contributed by atoms with Crippen LogP contribution in [0.1, 0.15) is 0 Å². The number of hydrogen-bond acceptors (Lipinski definition) is 5. The lowest BCUT2D eigenvalue weighted by atomic mass is 10.1. The normalized spacial score (nSPS) is 13.2. The third-order valence-corrected chi connectivity index (χ3v) is 5.50. The Kier molecular flexibility index (Phi) is 4.44. The number of benzene rings is 2. The molecule has 5 rings (SSSR count). The maximum Gasteiger partial charge on any atom is 0.265 e. The average Bonchev–Trinajstić information content (AvgIpc) is 3.34. The van der Waals surface area contributed by atoms with E-state index in [0.717, 1.165) is 0 Å². The van der Waals surface area contributed by atoms with E-state index in [1.165, 1.54) is 28.4 Å². The number of ether oxygens (including phenoxy) is 1. The lowest BCUT2D eigenvalue weighted by molar-refractivity contribution is -0.123. The molecule has 0 atom stereocenters. The maximum absolute atomic E-state index is 13.3. The second-order valence-electron chi connectivity index (χ2n) is 6.66. The zero-order chi connectivity index (χ0) is 20.7. The minimum atomic E-state index is -0.378. The van der Waals surface area contributed by atoms with Crippen molar-refractivity contribution in [3.8, 4) is 17.0 Å². The van der Waals surface area contributed by atoms with Gasteiger partial charge in [0.25, 0.3) is 5.91 Å². The van der Waals surface area contributed by atoms with E-state index in [2.05, 4.69) is 10.3 Å². The topological polar surface area (TPSA) is 75.9 Å². The fourth-order valence-corrected chi connectivity index (χ4v) is 4.07. The third kappa shape index (κ3) is 3.18. The molecule has 2 aromatic carbocycles. The lowest BCUT2D eigenvalue weighted by Crippen LogP contribution is -2.43. The van der Waals surface area contributed by atoms with Crippen LogP contribution in [0.3, 0.4) is 0 Å². The molecule has 2 aromatic heterocycles. The quantitative estimate of drug-likeness (QED) is 0.546. The summed E-state index contributed by atoms with van der Waals surface area (Å²) in [6, 6.07) is 13.0. The van der Waals surface area contributed by atoms with Crippen LogP contribution < -0.4 is 15.0 Å². The Morgan fingerprint density at radius 1 is 1.20 bits per heavy atom. The van der Waals surface area contributed by atoms with E-state index >= 15 is 0 Å². The van der Waals surface area contributed by atoms with Gasteiger partial charge in [-0.1, -0.05) is 12.1 Å². The summed E-state index contributed by atoms with van der Waals surface area (Å²) < 4.78 is 20.5. The molecule has 7 nitrogen and oxygen atoms in total. The Bertz CT molecular complexity index is 1260. The number of rotatable bonds is 4. The Morgan fingerprint density at radius 3 is 2.83 bits per heavy atom. The molecule has 2 amide bonds. The van der Waals surface area contributed by atoms with E-state index in [-0.39, 0.29) is 30.8 Å². The molecular formula is C21H15FN4O3S. The Balaban J connectivity index is 1.45. The SMILES string of the molecule is O=C(CN1C(=O)COc2ccccc21)Nc1c(-c2ccc(F)cc2)nc2sccn12. The highest BCUT2D eigenvalue weighted by Gasteiger charge is 2.28. The maximum atomic E-state index is 13.3. The highest BCUT2D eigenvalue weighted by Crippen LogP contribution is 2.33. The predicted octanol–water partition coefficient (Wildman–Crippen LogP) is 3.57. The van der Waals surface area contributed by atoms with Crippen LogP contribution in [0, 0.1) is 5.82 Å². The van der Waals surface area contributed by atoms with Gasteiger partial charge in [0.05, 0.1) is 5.69 Å². The number of hydrogen-bond donors (Lipinski definition) is 1. The number of nitrogens with zero attached hydrogens (tertiary/aromatic N) is 3. The minimum absolute atomic E-state index is 0.118. The van der Waals surface area contributed by atoms with Crippen molar-refractivity contribution < 1.29 is 18.7 Å². The van der Waals surface area contributed by atoms with E-state index in [0.29, 0.717) is 33.5 Å². The fourth-order valence-electron chi connectivity index (χ4n) is 3.36. The summed E-state index contributed by atoms with van der Waals surface area (Å²) in [6.45, 7) is -0.286. The number of imidazole rings is 1. The van der Waals surface area contributed by atoms with Crippen molar-refractivity contribution in [2.75, 3.05) is 23.4 Å². The number of halogens is 1. The van der Waals surface area contributed by atoms with Gasteiger partial charge < -0.3 is 10.1 Å². The first kappa shape index (κ1) is 18.3. The van der Waals surface area contributed by atoms with Crippen molar-refractivity contribution >= 4 is 39.6 Å². The molecular weight excluding hydrogens is 407 g/mol. The highest BCUT2D eigenvalue weighted by molar-refractivity contribution is 7.15. The molecule has 0 unspecified atom stereocenters.